The fourth-order valence-corrected chi connectivity index (χ4v) is 2.32. The minimum Gasteiger partial charge on any atom is -0.314 e. The van der Waals surface area contributed by atoms with E-state index in [1.54, 1.807) is 0 Å². The molecule has 2 nitrogen and oxygen atoms in total. The second-order valence-corrected chi connectivity index (χ2v) is 5.18. The lowest BCUT2D eigenvalue weighted by Crippen LogP contribution is -2.49. The monoisotopic (exact) mass is 322 g/mol. The number of benzene rings is 1. The summed E-state index contributed by atoms with van der Waals surface area (Å²) < 4.78 is 14.5. The summed E-state index contributed by atoms with van der Waals surface area (Å²) in [5, 5.41) is 3.33. The summed E-state index contributed by atoms with van der Waals surface area (Å²) in [4.78, 5) is 2.31. The minimum atomic E-state index is -0.125. The van der Waals surface area contributed by atoms with Crippen LogP contribution in [0, 0.1) is 5.82 Å². The highest BCUT2D eigenvalue weighted by Crippen LogP contribution is 2.18. The first-order chi connectivity index (χ1) is 7.66. The Labute approximate surface area is 116 Å². The third-order valence-corrected chi connectivity index (χ3v) is 3.52. The van der Waals surface area contributed by atoms with E-state index >= 15 is 0 Å². The van der Waals surface area contributed by atoms with Crippen LogP contribution >= 0.6 is 28.3 Å². The van der Waals surface area contributed by atoms with E-state index in [9.17, 15) is 4.39 Å². The second kappa shape index (κ2) is 6.69. The van der Waals surface area contributed by atoms with Gasteiger partial charge in [0.2, 0.25) is 0 Å². The number of nitrogens with one attached hydrogen (secondary N) is 1. The molecular formula is C12H17BrClFN2. The van der Waals surface area contributed by atoms with E-state index in [0.717, 1.165) is 29.7 Å². The van der Waals surface area contributed by atoms with Gasteiger partial charge in [0.15, 0.2) is 0 Å². The standard InChI is InChI=1S/C12H16BrFN2.ClH/c1-9-7-15-4-5-16(9)8-10-2-3-11(13)6-12(10)14;/h2-3,6,9,15H,4-5,7-8H2,1H3;1H/t9-;/m1./s1. The number of halogens is 3. The first-order valence-corrected chi connectivity index (χ1v) is 6.35. The lowest BCUT2D eigenvalue weighted by Gasteiger charge is -2.33. The number of hydrogen-bond donors (Lipinski definition) is 1. The Hall–Kier alpha value is -0.160. The molecule has 1 saturated heterocycles. The van der Waals surface area contributed by atoms with Crippen LogP contribution in [0.25, 0.3) is 0 Å². The summed E-state index contributed by atoms with van der Waals surface area (Å²) in [6.07, 6.45) is 0. The van der Waals surface area contributed by atoms with Gasteiger partial charge in [-0.15, -0.1) is 12.4 Å². The lowest BCUT2D eigenvalue weighted by molar-refractivity contribution is 0.164. The van der Waals surface area contributed by atoms with Crippen molar-refractivity contribution in [3.8, 4) is 0 Å². The molecule has 96 valence electrons. The maximum atomic E-state index is 13.7. The molecule has 0 aliphatic carbocycles. The summed E-state index contributed by atoms with van der Waals surface area (Å²) in [5.41, 5.74) is 0.775. The van der Waals surface area contributed by atoms with Gasteiger partial charge in [-0.05, 0) is 19.1 Å². The molecule has 0 spiro atoms. The van der Waals surface area contributed by atoms with Crippen LogP contribution < -0.4 is 5.32 Å². The molecule has 0 unspecified atom stereocenters. The molecule has 2 rings (SSSR count). The van der Waals surface area contributed by atoms with Crippen LogP contribution in [0.15, 0.2) is 22.7 Å². The number of nitrogens with zero attached hydrogens (tertiary/aromatic N) is 1. The van der Waals surface area contributed by atoms with Crippen molar-refractivity contribution in [2.45, 2.75) is 19.5 Å². The molecule has 17 heavy (non-hydrogen) atoms. The Morgan fingerprint density at radius 2 is 2.29 bits per heavy atom. The highest BCUT2D eigenvalue weighted by molar-refractivity contribution is 9.10. The van der Waals surface area contributed by atoms with E-state index in [-0.39, 0.29) is 18.2 Å². The Morgan fingerprint density at radius 1 is 1.53 bits per heavy atom. The fraction of sp³-hybridized carbons (Fsp3) is 0.500. The van der Waals surface area contributed by atoms with E-state index < -0.39 is 0 Å². The normalized spacial score (nSPS) is 21.0. The fourth-order valence-electron chi connectivity index (χ4n) is 1.99. The predicted octanol–water partition coefficient (Wildman–Crippen LogP) is 2.80. The van der Waals surface area contributed by atoms with Crippen LogP contribution in [0.1, 0.15) is 12.5 Å². The molecule has 1 aromatic carbocycles. The van der Waals surface area contributed by atoms with Gasteiger partial charge in [0.25, 0.3) is 0 Å². The Morgan fingerprint density at radius 3 is 2.94 bits per heavy atom. The smallest absolute Gasteiger partial charge is 0.128 e. The van der Waals surface area contributed by atoms with Crippen LogP contribution in [0.4, 0.5) is 4.39 Å². The molecule has 0 saturated carbocycles. The molecule has 0 radical (unpaired) electrons. The first-order valence-electron chi connectivity index (χ1n) is 5.55. The van der Waals surface area contributed by atoms with Gasteiger partial charge in [-0.25, -0.2) is 4.39 Å². The average molecular weight is 324 g/mol. The summed E-state index contributed by atoms with van der Waals surface area (Å²) in [7, 11) is 0. The quantitative estimate of drug-likeness (QED) is 0.900. The zero-order valence-corrected chi connectivity index (χ0v) is 12.2. The number of hydrogen-bond acceptors (Lipinski definition) is 2. The van der Waals surface area contributed by atoms with Gasteiger partial charge in [-0.3, -0.25) is 4.90 Å². The zero-order valence-electron chi connectivity index (χ0n) is 9.75. The summed E-state index contributed by atoms with van der Waals surface area (Å²) in [5.74, 6) is -0.125. The predicted molar refractivity (Wildman–Crippen MR) is 74.1 cm³/mol. The molecule has 1 fully saturated rings. The van der Waals surface area contributed by atoms with Gasteiger partial charge in [0.05, 0.1) is 0 Å². The Bertz CT molecular complexity index is 376. The molecule has 5 heteroatoms. The topological polar surface area (TPSA) is 15.3 Å². The maximum Gasteiger partial charge on any atom is 0.128 e. The van der Waals surface area contributed by atoms with Crippen LogP contribution in [0.3, 0.4) is 0 Å². The molecule has 0 aromatic heterocycles. The van der Waals surface area contributed by atoms with Crippen molar-refractivity contribution in [2.75, 3.05) is 19.6 Å². The van der Waals surface area contributed by atoms with Gasteiger partial charge < -0.3 is 5.32 Å². The van der Waals surface area contributed by atoms with Crippen molar-refractivity contribution < 1.29 is 4.39 Å². The van der Waals surface area contributed by atoms with E-state index in [4.69, 9.17) is 0 Å². The Balaban J connectivity index is 0.00000144. The minimum absolute atomic E-state index is 0. The molecular weight excluding hydrogens is 307 g/mol. The molecule has 1 aliphatic heterocycles. The van der Waals surface area contributed by atoms with Crippen LogP contribution in [-0.4, -0.2) is 30.6 Å². The largest absolute Gasteiger partial charge is 0.314 e. The van der Waals surface area contributed by atoms with E-state index in [2.05, 4.69) is 33.1 Å². The highest BCUT2D eigenvalue weighted by Gasteiger charge is 2.18. The van der Waals surface area contributed by atoms with Crippen molar-refractivity contribution in [2.24, 2.45) is 0 Å². The van der Waals surface area contributed by atoms with Crippen LogP contribution in [0.5, 0.6) is 0 Å². The third kappa shape index (κ3) is 3.91. The molecule has 1 aliphatic rings. The average Bonchev–Trinajstić information content (AvgIpc) is 2.25. The molecule has 1 aromatic rings. The van der Waals surface area contributed by atoms with Gasteiger partial charge in [-0.1, -0.05) is 22.0 Å². The van der Waals surface area contributed by atoms with Crippen LogP contribution in [0.2, 0.25) is 0 Å². The van der Waals surface area contributed by atoms with Crippen molar-refractivity contribution in [1.29, 1.82) is 0 Å². The van der Waals surface area contributed by atoms with Crippen molar-refractivity contribution in [3.63, 3.8) is 0 Å². The molecule has 0 amide bonds. The SMILES string of the molecule is C[C@@H]1CNCCN1Cc1ccc(Br)cc1F.Cl. The molecule has 1 heterocycles. The molecule has 0 bridgehead atoms. The summed E-state index contributed by atoms with van der Waals surface area (Å²) >= 11 is 3.27. The van der Waals surface area contributed by atoms with Crippen LogP contribution in [-0.2, 0) is 6.54 Å². The zero-order chi connectivity index (χ0) is 11.5. The van der Waals surface area contributed by atoms with Gasteiger partial charge in [-0.2, -0.15) is 0 Å². The summed E-state index contributed by atoms with van der Waals surface area (Å²) in [6.45, 7) is 5.82. The Kier molecular flexibility index (Phi) is 5.86. The lowest BCUT2D eigenvalue weighted by atomic mass is 10.1. The third-order valence-electron chi connectivity index (χ3n) is 3.03. The van der Waals surface area contributed by atoms with Gasteiger partial charge >= 0.3 is 0 Å². The molecule has 1 N–H and O–H groups in total. The van der Waals surface area contributed by atoms with Crippen molar-refractivity contribution >= 4 is 28.3 Å². The first kappa shape index (κ1) is 14.9. The van der Waals surface area contributed by atoms with Gasteiger partial charge in [0, 0.05) is 42.3 Å². The van der Waals surface area contributed by atoms with E-state index in [0.29, 0.717) is 12.6 Å². The summed E-state index contributed by atoms with van der Waals surface area (Å²) in [6, 6.07) is 5.75. The number of rotatable bonds is 2. The van der Waals surface area contributed by atoms with E-state index in [1.165, 1.54) is 6.07 Å². The number of piperazine rings is 1. The maximum absolute atomic E-state index is 13.7. The van der Waals surface area contributed by atoms with E-state index in [1.807, 2.05) is 12.1 Å². The highest BCUT2D eigenvalue weighted by atomic mass is 79.9. The second-order valence-electron chi connectivity index (χ2n) is 4.26. The van der Waals surface area contributed by atoms with Gasteiger partial charge in [0.1, 0.15) is 5.82 Å². The van der Waals surface area contributed by atoms with Crippen molar-refractivity contribution in [3.05, 3.63) is 34.1 Å². The van der Waals surface area contributed by atoms with Crippen molar-refractivity contribution in [1.82, 2.24) is 10.2 Å². The molecule has 1 atom stereocenters.